The molecule has 10 nitrogen and oxygen atoms in total. The van der Waals surface area contributed by atoms with E-state index in [1.54, 1.807) is 42.6 Å². The van der Waals surface area contributed by atoms with Crippen molar-refractivity contribution < 1.29 is 23.5 Å². The summed E-state index contributed by atoms with van der Waals surface area (Å²) in [5, 5.41) is 20.0. The second kappa shape index (κ2) is 17.1. The predicted molar refractivity (Wildman–Crippen MR) is 192 cm³/mol. The van der Waals surface area contributed by atoms with Gasteiger partial charge in [-0.1, -0.05) is 54.6 Å². The third-order valence-corrected chi connectivity index (χ3v) is 9.15. The number of aryl methyl sites for hydroxylation is 2. The maximum atomic E-state index is 12.7. The van der Waals surface area contributed by atoms with Crippen LogP contribution in [-0.4, -0.2) is 47.8 Å². The Morgan fingerprint density at radius 2 is 1.48 bits per heavy atom. The second-order valence-corrected chi connectivity index (χ2v) is 13.4. The highest BCUT2D eigenvalue weighted by atomic mass is 32.2. The molecule has 5 aromatic rings. The summed E-state index contributed by atoms with van der Waals surface area (Å²) in [5.74, 6) is 0.471. The van der Waals surface area contributed by atoms with Gasteiger partial charge in [-0.2, -0.15) is 0 Å². The number of hydrogen-bond donors (Lipinski definition) is 4. The molecule has 0 bridgehead atoms. The van der Waals surface area contributed by atoms with Gasteiger partial charge in [0.2, 0.25) is 5.91 Å². The zero-order valence-electron chi connectivity index (χ0n) is 28.4. The molecular formula is C39H42N5O5S-. The molecule has 260 valence electrons. The van der Waals surface area contributed by atoms with E-state index in [1.165, 1.54) is 12.1 Å². The monoisotopic (exact) mass is 692 g/mol. The summed E-state index contributed by atoms with van der Waals surface area (Å²) in [5.41, 5.74) is 7.11. The van der Waals surface area contributed by atoms with Gasteiger partial charge < -0.3 is 30.2 Å². The number of nitrogens with zero attached hydrogens (tertiary/aromatic N) is 2. The van der Waals surface area contributed by atoms with Crippen LogP contribution in [0.15, 0.2) is 108 Å². The molecule has 0 radical (unpaired) electrons. The fraction of sp³-hybridized carbons (Fsp3) is 0.256. The molecule has 4 N–H and O–H groups in total. The number of aliphatic hydroxyl groups excluding tert-OH is 1. The largest absolute Gasteiger partial charge is 0.768 e. The van der Waals surface area contributed by atoms with Crippen molar-refractivity contribution in [2.75, 3.05) is 6.54 Å². The van der Waals surface area contributed by atoms with Crippen LogP contribution < -0.4 is 16.0 Å². The smallest absolute Gasteiger partial charge is 0.251 e. The van der Waals surface area contributed by atoms with Crippen LogP contribution in [0.3, 0.4) is 0 Å². The molecule has 0 spiro atoms. The van der Waals surface area contributed by atoms with Crippen LogP contribution in [0.25, 0.3) is 5.82 Å². The first-order valence-corrected chi connectivity index (χ1v) is 17.6. The van der Waals surface area contributed by atoms with Crippen molar-refractivity contribution in [1.29, 1.82) is 0 Å². The van der Waals surface area contributed by atoms with Crippen LogP contribution >= 0.6 is 0 Å². The van der Waals surface area contributed by atoms with Gasteiger partial charge >= 0.3 is 0 Å². The molecule has 0 saturated carbocycles. The molecular weight excluding hydrogens is 651 g/mol. The quantitative estimate of drug-likeness (QED) is 0.116. The summed E-state index contributed by atoms with van der Waals surface area (Å²) in [6.45, 7) is 7.14. The fourth-order valence-corrected chi connectivity index (χ4v) is 6.06. The van der Waals surface area contributed by atoms with Gasteiger partial charge in [0.1, 0.15) is 5.82 Å². The van der Waals surface area contributed by atoms with Gasteiger partial charge in [-0.3, -0.25) is 13.8 Å². The lowest BCUT2D eigenvalue weighted by molar-refractivity contribution is -0.120. The summed E-state index contributed by atoms with van der Waals surface area (Å²) in [6, 6.07) is 29.3. The third-order valence-electron chi connectivity index (χ3n) is 8.49. The van der Waals surface area contributed by atoms with Crippen LogP contribution in [0.4, 0.5) is 0 Å². The van der Waals surface area contributed by atoms with Crippen LogP contribution in [0.1, 0.15) is 62.6 Å². The number of carbonyl (C=O) groups is 2. The van der Waals surface area contributed by atoms with Gasteiger partial charge in [0.15, 0.2) is 0 Å². The molecule has 2 aromatic heterocycles. The van der Waals surface area contributed by atoms with Crippen molar-refractivity contribution >= 4 is 22.9 Å². The van der Waals surface area contributed by atoms with Gasteiger partial charge in [-0.15, -0.1) is 0 Å². The Morgan fingerprint density at radius 3 is 2.12 bits per heavy atom. The molecule has 0 saturated heterocycles. The highest BCUT2D eigenvalue weighted by Crippen LogP contribution is 2.18. The van der Waals surface area contributed by atoms with E-state index < -0.39 is 17.2 Å². The van der Waals surface area contributed by atoms with Crippen LogP contribution in [-0.2, 0) is 41.8 Å². The average molecular weight is 693 g/mol. The summed E-state index contributed by atoms with van der Waals surface area (Å²) in [4.78, 5) is 30.1. The topological polar surface area (TPSA) is 148 Å². The number of benzene rings is 3. The van der Waals surface area contributed by atoms with Crippen molar-refractivity contribution in [3.05, 3.63) is 148 Å². The zero-order valence-corrected chi connectivity index (χ0v) is 29.2. The lowest BCUT2D eigenvalue weighted by Gasteiger charge is -2.18. The van der Waals surface area contributed by atoms with E-state index in [-0.39, 0.29) is 35.7 Å². The van der Waals surface area contributed by atoms with Crippen molar-refractivity contribution in [3.63, 3.8) is 0 Å². The van der Waals surface area contributed by atoms with E-state index in [1.807, 2.05) is 50.2 Å². The Bertz CT molecular complexity index is 1900. The molecule has 0 fully saturated rings. The first-order chi connectivity index (χ1) is 24.0. The molecule has 0 aliphatic heterocycles. The number of carbonyl (C=O) groups excluding carboxylic acids is 2. The van der Waals surface area contributed by atoms with Crippen LogP contribution in [0.5, 0.6) is 0 Å². The Labute approximate surface area is 295 Å². The third kappa shape index (κ3) is 10.1. The molecule has 2 unspecified atom stereocenters. The lowest BCUT2D eigenvalue weighted by atomic mass is 10.0. The molecule has 2 heterocycles. The Hall–Kier alpha value is -4.94. The minimum absolute atomic E-state index is 0.0976. The van der Waals surface area contributed by atoms with Gasteiger partial charge in [-0.25, -0.2) is 4.98 Å². The van der Waals surface area contributed by atoms with Crippen molar-refractivity contribution in [1.82, 2.24) is 25.5 Å². The van der Waals surface area contributed by atoms with E-state index in [9.17, 15) is 23.5 Å². The van der Waals surface area contributed by atoms with Crippen molar-refractivity contribution in [2.45, 2.75) is 63.7 Å². The van der Waals surface area contributed by atoms with Crippen molar-refractivity contribution in [3.8, 4) is 5.82 Å². The maximum absolute atomic E-state index is 12.7. The highest BCUT2D eigenvalue weighted by Gasteiger charge is 2.13. The summed E-state index contributed by atoms with van der Waals surface area (Å²) < 4.78 is 24.1. The SMILES string of the molecule is Cc1ccc(C)n1-c1ccc([C@@H](O)CNC(C)Cc2cccc(CC(=O)NCc3ccc(C(=O)NCc4ccc(S(=O)[O-])cc4)cc3)c2)cn1. The first-order valence-electron chi connectivity index (χ1n) is 16.5. The molecule has 50 heavy (non-hydrogen) atoms. The minimum Gasteiger partial charge on any atom is -0.768 e. The van der Waals surface area contributed by atoms with Gasteiger partial charge in [0.25, 0.3) is 5.91 Å². The summed E-state index contributed by atoms with van der Waals surface area (Å²) >= 11 is -2.29. The highest BCUT2D eigenvalue weighted by molar-refractivity contribution is 7.79. The van der Waals surface area contributed by atoms with Gasteiger partial charge in [-0.05, 0) is 103 Å². The number of amides is 2. The Morgan fingerprint density at radius 1 is 0.840 bits per heavy atom. The van der Waals surface area contributed by atoms with E-state index in [2.05, 4.69) is 44.6 Å². The number of rotatable bonds is 15. The second-order valence-electron chi connectivity index (χ2n) is 12.5. The molecule has 5 rings (SSSR count). The molecule has 11 heteroatoms. The molecule has 2 amide bonds. The van der Waals surface area contributed by atoms with Crippen molar-refractivity contribution in [2.24, 2.45) is 0 Å². The number of aromatic nitrogens is 2. The van der Waals surface area contributed by atoms with E-state index in [4.69, 9.17) is 0 Å². The van der Waals surface area contributed by atoms with Crippen LogP contribution in [0.2, 0.25) is 0 Å². The normalized spacial score (nSPS) is 13.0. The van der Waals surface area contributed by atoms with E-state index in [0.717, 1.165) is 51.4 Å². The van der Waals surface area contributed by atoms with Crippen LogP contribution in [0, 0.1) is 13.8 Å². The number of nitrogens with one attached hydrogen (secondary N) is 3. The Balaban J connectivity index is 1.03. The van der Waals surface area contributed by atoms with Gasteiger partial charge in [0, 0.05) is 59.3 Å². The molecule has 0 aliphatic rings. The standard InChI is InChI=1S/C39H43N5O5S/c1-26(40-25-36(45)34-15-18-37(41-24-34)44-27(2)7-8-28(44)3)19-31-5-4-6-32(20-31)21-38(46)42-22-29-9-13-33(14-10-29)39(47)43-23-30-11-16-35(17-12-30)50(48)49/h4-18,20,24,26,36,40,45H,19,21-23,25H2,1-3H3,(H,42,46)(H,43,47)(H,48,49)/p-1/t26?,36-/m0/s1. The summed E-state index contributed by atoms with van der Waals surface area (Å²) in [6.07, 6.45) is 2.02. The van der Waals surface area contributed by atoms with Gasteiger partial charge in [0.05, 0.1) is 12.5 Å². The lowest BCUT2D eigenvalue weighted by Crippen LogP contribution is -2.32. The first kappa shape index (κ1) is 36.3. The average Bonchev–Trinajstić information content (AvgIpc) is 3.46. The fourth-order valence-electron chi connectivity index (χ4n) is 5.71. The number of aliphatic hydroxyl groups is 1. The maximum Gasteiger partial charge on any atom is 0.251 e. The van der Waals surface area contributed by atoms with E-state index >= 15 is 0 Å². The minimum atomic E-state index is -2.29. The molecule has 3 aromatic carbocycles. The molecule has 0 aliphatic carbocycles. The summed E-state index contributed by atoms with van der Waals surface area (Å²) in [7, 11) is 0. The number of pyridine rings is 1. The Kier molecular flexibility index (Phi) is 12.5. The zero-order chi connectivity index (χ0) is 35.6. The van der Waals surface area contributed by atoms with E-state index in [0.29, 0.717) is 18.7 Å². The predicted octanol–water partition coefficient (Wildman–Crippen LogP) is 4.77. The number of hydrogen-bond acceptors (Lipinski definition) is 7. The molecule has 3 atom stereocenters.